The Kier molecular flexibility index (Phi) is 5.66. The van der Waals surface area contributed by atoms with Gasteiger partial charge in [-0.2, -0.15) is 0 Å². The minimum absolute atomic E-state index is 0.478. The fourth-order valence-corrected chi connectivity index (χ4v) is 2.19. The van der Waals surface area contributed by atoms with E-state index in [4.69, 9.17) is 0 Å². The van der Waals surface area contributed by atoms with E-state index in [1.807, 2.05) is 32.0 Å². The van der Waals surface area contributed by atoms with E-state index in [-0.39, 0.29) is 0 Å². The Hall–Kier alpha value is -0.860. The van der Waals surface area contributed by atoms with E-state index in [0.717, 1.165) is 32.4 Å². The molecule has 0 unspecified atom stereocenters. The predicted molar refractivity (Wildman–Crippen MR) is 73.2 cm³/mol. The average molecular weight is 235 g/mol. The molecule has 96 valence electrons. The molecule has 1 N–H and O–H groups in total. The van der Waals surface area contributed by atoms with Crippen LogP contribution in [-0.2, 0) is 6.42 Å². The molecule has 2 nitrogen and oxygen atoms in total. The molecule has 1 fully saturated rings. The van der Waals surface area contributed by atoms with Crippen molar-refractivity contribution in [3.63, 3.8) is 0 Å². The summed E-state index contributed by atoms with van der Waals surface area (Å²) in [6.07, 6.45) is 2.57. The highest BCUT2D eigenvalue weighted by Gasteiger charge is 2.30. The summed E-state index contributed by atoms with van der Waals surface area (Å²) in [6.45, 7) is 6.01. The van der Waals surface area contributed by atoms with Gasteiger partial charge >= 0.3 is 0 Å². The lowest BCUT2D eigenvalue weighted by molar-refractivity contribution is -0.0150. The average Bonchev–Trinajstić information content (AvgIpc) is 2.37. The van der Waals surface area contributed by atoms with Crippen molar-refractivity contribution in [2.75, 3.05) is 20.1 Å². The molecule has 1 aliphatic heterocycles. The van der Waals surface area contributed by atoms with Crippen LogP contribution in [0.15, 0.2) is 30.3 Å². The van der Waals surface area contributed by atoms with Crippen LogP contribution in [0.3, 0.4) is 0 Å². The van der Waals surface area contributed by atoms with Gasteiger partial charge in [0.05, 0.1) is 5.60 Å². The molecule has 1 aromatic rings. The first-order chi connectivity index (χ1) is 8.18. The van der Waals surface area contributed by atoms with Gasteiger partial charge in [0.15, 0.2) is 0 Å². The zero-order valence-electron chi connectivity index (χ0n) is 11.3. The number of likely N-dealkylation sites (tertiary alicyclic amines) is 1. The van der Waals surface area contributed by atoms with Crippen LogP contribution in [-0.4, -0.2) is 35.7 Å². The van der Waals surface area contributed by atoms with Crippen LogP contribution in [0.2, 0.25) is 0 Å². The highest BCUT2D eigenvalue weighted by atomic mass is 16.3. The minimum atomic E-state index is -0.478. The molecule has 1 heterocycles. The number of hydrogen-bond acceptors (Lipinski definition) is 2. The second kappa shape index (κ2) is 6.77. The smallest absolute Gasteiger partial charge is 0.0712 e. The van der Waals surface area contributed by atoms with Gasteiger partial charge in [-0.25, -0.2) is 0 Å². The largest absolute Gasteiger partial charge is 0.389 e. The molecule has 0 saturated carbocycles. The van der Waals surface area contributed by atoms with Crippen molar-refractivity contribution in [2.45, 2.75) is 38.7 Å². The molecular formula is C15H25NO. The molecule has 0 aromatic heterocycles. The Morgan fingerprint density at radius 1 is 1.12 bits per heavy atom. The van der Waals surface area contributed by atoms with E-state index < -0.39 is 5.60 Å². The van der Waals surface area contributed by atoms with E-state index in [9.17, 15) is 5.11 Å². The molecule has 0 radical (unpaired) electrons. The summed E-state index contributed by atoms with van der Waals surface area (Å²) in [5.41, 5.74) is 0.762. The molecule has 0 amide bonds. The Morgan fingerprint density at radius 2 is 1.65 bits per heavy atom. The summed E-state index contributed by atoms with van der Waals surface area (Å²) in [4.78, 5) is 2.28. The Labute approximate surface area is 105 Å². The number of nitrogens with zero attached hydrogens (tertiary/aromatic N) is 1. The van der Waals surface area contributed by atoms with Gasteiger partial charge in [-0.3, -0.25) is 0 Å². The van der Waals surface area contributed by atoms with Crippen LogP contribution in [0.1, 0.15) is 32.3 Å². The third kappa shape index (κ3) is 4.49. The first-order valence-electron chi connectivity index (χ1n) is 6.63. The van der Waals surface area contributed by atoms with Crippen molar-refractivity contribution in [1.82, 2.24) is 4.90 Å². The van der Waals surface area contributed by atoms with Crippen LogP contribution in [0.25, 0.3) is 0 Å². The first kappa shape index (κ1) is 14.2. The SMILES string of the molecule is CC.CN1CCC(O)(Cc2ccccc2)CC1. The van der Waals surface area contributed by atoms with Gasteiger partial charge in [0.25, 0.3) is 0 Å². The second-order valence-electron chi connectivity index (χ2n) is 4.69. The lowest BCUT2D eigenvalue weighted by Crippen LogP contribution is -2.44. The molecule has 1 aromatic carbocycles. The quantitative estimate of drug-likeness (QED) is 0.852. The van der Waals surface area contributed by atoms with Gasteiger partial charge in [0.2, 0.25) is 0 Å². The molecule has 0 atom stereocenters. The van der Waals surface area contributed by atoms with E-state index in [2.05, 4.69) is 24.1 Å². The van der Waals surface area contributed by atoms with E-state index in [0.29, 0.717) is 0 Å². The van der Waals surface area contributed by atoms with Crippen molar-refractivity contribution in [3.8, 4) is 0 Å². The molecule has 0 aliphatic carbocycles. The normalized spacial score (nSPS) is 19.3. The summed E-state index contributed by atoms with van der Waals surface area (Å²) in [5, 5.41) is 10.4. The highest BCUT2D eigenvalue weighted by molar-refractivity contribution is 5.17. The molecule has 0 bridgehead atoms. The molecular weight excluding hydrogens is 210 g/mol. The number of aliphatic hydroxyl groups is 1. The number of piperidine rings is 1. The first-order valence-corrected chi connectivity index (χ1v) is 6.63. The standard InChI is InChI=1S/C13H19NO.C2H6/c1-14-9-7-13(15,8-10-14)11-12-5-3-2-4-6-12;1-2/h2-6,15H,7-11H2,1H3;1-2H3. The highest BCUT2D eigenvalue weighted by Crippen LogP contribution is 2.25. The molecule has 2 rings (SSSR count). The van der Waals surface area contributed by atoms with E-state index >= 15 is 0 Å². The monoisotopic (exact) mass is 235 g/mol. The summed E-state index contributed by atoms with van der Waals surface area (Å²) in [6, 6.07) is 10.3. The maximum atomic E-state index is 10.4. The topological polar surface area (TPSA) is 23.5 Å². The summed E-state index contributed by atoms with van der Waals surface area (Å²) in [7, 11) is 2.11. The second-order valence-corrected chi connectivity index (χ2v) is 4.69. The zero-order valence-corrected chi connectivity index (χ0v) is 11.3. The molecule has 17 heavy (non-hydrogen) atoms. The van der Waals surface area contributed by atoms with Gasteiger partial charge in [0, 0.05) is 19.5 Å². The zero-order chi connectivity index (χ0) is 12.7. The van der Waals surface area contributed by atoms with Crippen molar-refractivity contribution >= 4 is 0 Å². The van der Waals surface area contributed by atoms with Gasteiger partial charge in [-0.15, -0.1) is 0 Å². The van der Waals surface area contributed by atoms with Gasteiger partial charge < -0.3 is 10.0 Å². The van der Waals surface area contributed by atoms with Crippen molar-refractivity contribution in [3.05, 3.63) is 35.9 Å². The number of hydrogen-bond donors (Lipinski definition) is 1. The van der Waals surface area contributed by atoms with Crippen molar-refractivity contribution in [1.29, 1.82) is 0 Å². The third-order valence-corrected chi connectivity index (χ3v) is 3.29. The van der Waals surface area contributed by atoms with Crippen LogP contribution in [0.5, 0.6) is 0 Å². The Bertz CT molecular complexity index is 302. The molecule has 1 aliphatic rings. The van der Waals surface area contributed by atoms with Crippen molar-refractivity contribution < 1.29 is 5.11 Å². The van der Waals surface area contributed by atoms with Crippen LogP contribution in [0, 0.1) is 0 Å². The fraction of sp³-hybridized carbons (Fsp3) is 0.600. The number of benzene rings is 1. The fourth-order valence-electron chi connectivity index (χ4n) is 2.19. The van der Waals surface area contributed by atoms with Gasteiger partial charge in [-0.1, -0.05) is 44.2 Å². The molecule has 0 spiro atoms. The third-order valence-electron chi connectivity index (χ3n) is 3.29. The Morgan fingerprint density at radius 3 is 2.18 bits per heavy atom. The number of rotatable bonds is 2. The van der Waals surface area contributed by atoms with Crippen LogP contribution < -0.4 is 0 Å². The van der Waals surface area contributed by atoms with E-state index in [1.165, 1.54) is 5.56 Å². The maximum Gasteiger partial charge on any atom is 0.0712 e. The lowest BCUT2D eigenvalue weighted by atomic mass is 9.85. The Balaban J connectivity index is 0.000000686. The maximum absolute atomic E-state index is 10.4. The van der Waals surface area contributed by atoms with Crippen LogP contribution >= 0.6 is 0 Å². The summed E-state index contributed by atoms with van der Waals surface area (Å²) >= 11 is 0. The molecule has 2 heteroatoms. The predicted octanol–water partition coefficient (Wildman–Crippen LogP) is 2.71. The van der Waals surface area contributed by atoms with Crippen LogP contribution in [0.4, 0.5) is 0 Å². The van der Waals surface area contributed by atoms with E-state index in [1.54, 1.807) is 0 Å². The van der Waals surface area contributed by atoms with Crippen molar-refractivity contribution in [2.24, 2.45) is 0 Å². The minimum Gasteiger partial charge on any atom is -0.389 e. The lowest BCUT2D eigenvalue weighted by Gasteiger charge is -2.36. The summed E-state index contributed by atoms with van der Waals surface area (Å²) < 4.78 is 0. The van der Waals surface area contributed by atoms with Gasteiger partial charge in [-0.05, 0) is 25.5 Å². The molecule has 1 saturated heterocycles. The van der Waals surface area contributed by atoms with Gasteiger partial charge in [0.1, 0.15) is 0 Å². The summed E-state index contributed by atoms with van der Waals surface area (Å²) in [5.74, 6) is 0.